The molecular weight excluding hydrogens is 272 g/mol. The summed E-state index contributed by atoms with van der Waals surface area (Å²) in [4.78, 5) is 23.7. The lowest BCUT2D eigenvalue weighted by Crippen LogP contribution is -2.57. The maximum absolute atomic E-state index is 12.1. The van der Waals surface area contributed by atoms with Gasteiger partial charge >= 0.3 is 12.0 Å². The Balaban J connectivity index is 1.99. The lowest BCUT2D eigenvalue weighted by Gasteiger charge is -2.30. The summed E-state index contributed by atoms with van der Waals surface area (Å²) in [5.74, 6) is -0.949. The van der Waals surface area contributed by atoms with Crippen LogP contribution in [-0.4, -0.2) is 32.8 Å². The van der Waals surface area contributed by atoms with E-state index in [1.54, 1.807) is 12.4 Å². The summed E-state index contributed by atoms with van der Waals surface area (Å²) in [7, 11) is 0. The largest absolute Gasteiger partial charge is 0.480 e. The standard InChI is InChI=1S/C14H22N4O3/c1-10(11-8-15-16-9-11)17-13(21)18-14(12(19)20)6-4-2-3-5-7-14/h8-10H,2-7H2,1H3,(H,15,16)(H,19,20)(H2,17,18,21). The van der Waals surface area contributed by atoms with E-state index in [0.717, 1.165) is 31.2 Å². The van der Waals surface area contributed by atoms with Gasteiger partial charge in [-0.05, 0) is 19.8 Å². The molecule has 1 atom stereocenters. The second-order valence-corrected chi connectivity index (χ2v) is 5.65. The zero-order chi connectivity index (χ0) is 15.3. The minimum Gasteiger partial charge on any atom is -0.480 e. The van der Waals surface area contributed by atoms with E-state index >= 15 is 0 Å². The predicted octanol–water partition coefficient (Wildman–Crippen LogP) is 1.95. The van der Waals surface area contributed by atoms with E-state index in [9.17, 15) is 14.7 Å². The summed E-state index contributed by atoms with van der Waals surface area (Å²) in [6.07, 6.45) is 7.97. The van der Waals surface area contributed by atoms with E-state index in [-0.39, 0.29) is 6.04 Å². The Hall–Kier alpha value is -2.05. The van der Waals surface area contributed by atoms with Crippen LogP contribution in [0.15, 0.2) is 12.4 Å². The second-order valence-electron chi connectivity index (χ2n) is 5.65. The monoisotopic (exact) mass is 294 g/mol. The van der Waals surface area contributed by atoms with Crippen molar-refractivity contribution in [1.82, 2.24) is 20.8 Å². The molecule has 4 N–H and O–H groups in total. The molecule has 1 saturated carbocycles. The number of aliphatic carboxylic acids is 1. The molecule has 0 radical (unpaired) electrons. The molecule has 0 aromatic carbocycles. The smallest absolute Gasteiger partial charge is 0.329 e. The first-order valence-corrected chi connectivity index (χ1v) is 7.34. The number of amides is 2. The molecular formula is C14H22N4O3. The van der Waals surface area contributed by atoms with Crippen LogP contribution in [0.25, 0.3) is 0 Å². The Morgan fingerprint density at radius 1 is 1.33 bits per heavy atom. The minimum absolute atomic E-state index is 0.236. The number of carboxylic acids is 1. The lowest BCUT2D eigenvalue weighted by molar-refractivity contribution is -0.145. The van der Waals surface area contributed by atoms with Crippen LogP contribution >= 0.6 is 0 Å². The average Bonchev–Trinajstić information content (AvgIpc) is 2.86. The van der Waals surface area contributed by atoms with Crippen LogP contribution in [0.2, 0.25) is 0 Å². The van der Waals surface area contributed by atoms with Gasteiger partial charge in [0.25, 0.3) is 0 Å². The van der Waals surface area contributed by atoms with Gasteiger partial charge in [-0.15, -0.1) is 0 Å². The first kappa shape index (κ1) is 15.3. The van der Waals surface area contributed by atoms with Gasteiger partial charge in [0, 0.05) is 11.8 Å². The van der Waals surface area contributed by atoms with Crippen molar-refractivity contribution >= 4 is 12.0 Å². The van der Waals surface area contributed by atoms with Crippen LogP contribution in [0.4, 0.5) is 4.79 Å². The van der Waals surface area contributed by atoms with Crippen LogP contribution in [0, 0.1) is 0 Å². The van der Waals surface area contributed by atoms with Gasteiger partial charge in [-0.2, -0.15) is 5.10 Å². The number of aromatic amines is 1. The first-order chi connectivity index (χ1) is 10.0. The van der Waals surface area contributed by atoms with Crippen molar-refractivity contribution in [2.45, 2.75) is 57.0 Å². The van der Waals surface area contributed by atoms with Gasteiger partial charge in [0.2, 0.25) is 0 Å². The summed E-state index contributed by atoms with van der Waals surface area (Å²) in [6, 6.07) is -0.687. The van der Waals surface area contributed by atoms with Gasteiger partial charge in [0.05, 0.1) is 12.2 Å². The SMILES string of the molecule is CC(NC(=O)NC1(C(=O)O)CCCCCC1)c1cn[nH]c1. The van der Waals surface area contributed by atoms with Crippen LogP contribution in [0.3, 0.4) is 0 Å². The molecule has 1 heterocycles. The predicted molar refractivity (Wildman–Crippen MR) is 76.7 cm³/mol. The van der Waals surface area contributed by atoms with E-state index in [1.165, 1.54) is 0 Å². The van der Waals surface area contributed by atoms with Gasteiger partial charge in [0.15, 0.2) is 0 Å². The van der Waals surface area contributed by atoms with Crippen molar-refractivity contribution in [1.29, 1.82) is 0 Å². The number of carbonyl (C=O) groups excluding carboxylic acids is 1. The Morgan fingerprint density at radius 2 is 2.00 bits per heavy atom. The molecule has 1 aromatic rings. The fraction of sp³-hybridized carbons (Fsp3) is 0.643. The highest BCUT2D eigenvalue weighted by atomic mass is 16.4. The number of nitrogens with zero attached hydrogens (tertiary/aromatic N) is 1. The normalized spacial score (nSPS) is 19.3. The molecule has 1 aliphatic carbocycles. The highest BCUT2D eigenvalue weighted by Gasteiger charge is 2.40. The molecule has 1 unspecified atom stereocenters. The zero-order valence-electron chi connectivity index (χ0n) is 12.2. The van der Waals surface area contributed by atoms with Gasteiger partial charge in [0.1, 0.15) is 5.54 Å². The molecule has 21 heavy (non-hydrogen) atoms. The van der Waals surface area contributed by atoms with Crippen molar-refractivity contribution in [2.75, 3.05) is 0 Å². The third-order valence-electron chi connectivity index (χ3n) is 4.09. The van der Waals surface area contributed by atoms with Gasteiger partial charge < -0.3 is 15.7 Å². The summed E-state index contributed by atoms with van der Waals surface area (Å²) in [5.41, 5.74) is -0.299. The zero-order valence-corrected chi connectivity index (χ0v) is 12.2. The molecule has 2 amide bonds. The minimum atomic E-state index is -1.14. The maximum Gasteiger partial charge on any atom is 0.329 e. The number of aromatic nitrogens is 2. The Morgan fingerprint density at radius 3 is 2.52 bits per heavy atom. The van der Waals surface area contributed by atoms with Crippen molar-refractivity contribution in [2.24, 2.45) is 0 Å². The molecule has 0 spiro atoms. The lowest BCUT2D eigenvalue weighted by atomic mass is 9.90. The fourth-order valence-electron chi connectivity index (χ4n) is 2.76. The first-order valence-electron chi connectivity index (χ1n) is 7.34. The van der Waals surface area contributed by atoms with E-state index in [2.05, 4.69) is 20.8 Å². The van der Waals surface area contributed by atoms with Crippen molar-refractivity contribution < 1.29 is 14.7 Å². The highest BCUT2D eigenvalue weighted by molar-refractivity contribution is 5.86. The molecule has 1 aliphatic rings. The molecule has 2 rings (SSSR count). The number of rotatable bonds is 4. The van der Waals surface area contributed by atoms with E-state index < -0.39 is 17.5 Å². The van der Waals surface area contributed by atoms with Crippen molar-refractivity contribution in [3.8, 4) is 0 Å². The molecule has 0 saturated heterocycles. The molecule has 1 fully saturated rings. The van der Waals surface area contributed by atoms with E-state index in [4.69, 9.17) is 0 Å². The second kappa shape index (κ2) is 6.60. The molecule has 0 bridgehead atoms. The number of H-pyrrole nitrogens is 1. The number of carboxylic acid groups (broad SMARTS) is 1. The Bertz CT molecular complexity index is 478. The maximum atomic E-state index is 12.1. The van der Waals surface area contributed by atoms with Crippen LogP contribution in [-0.2, 0) is 4.79 Å². The Labute approximate surface area is 123 Å². The number of hydrogen-bond donors (Lipinski definition) is 4. The average molecular weight is 294 g/mol. The number of carbonyl (C=O) groups is 2. The van der Waals surface area contributed by atoms with Crippen LogP contribution in [0.5, 0.6) is 0 Å². The third-order valence-corrected chi connectivity index (χ3v) is 4.09. The molecule has 116 valence electrons. The topological polar surface area (TPSA) is 107 Å². The third kappa shape index (κ3) is 3.74. The molecule has 1 aromatic heterocycles. The molecule has 7 heteroatoms. The fourth-order valence-corrected chi connectivity index (χ4v) is 2.76. The van der Waals surface area contributed by atoms with Crippen LogP contribution < -0.4 is 10.6 Å². The molecule has 7 nitrogen and oxygen atoms in total. The van der Waals surface area contributed by atoms with Crippen molar-refractivity contribution in [3.05, 3.63) is 18.0 Å². The number of hydrogen-bond acceptors (Lipinski definition) is 3. The van der Waals surface area contributed by atoms with Gasteiger partial charge in [-0.3, -0.25) is 5.10 Å². The summed E-state index contributed by atoms with van der Waals surface area (Å²) in [6.45, 7) is 1.82. The summed E-state index contributed by atoms with van der Waals surface area (Å²) >= 11 is 0. The van der Waals surface area contributed by atoms with E-state index in [1.807, 2.05) is 6.92 Å². The molecule has 0 aliphatic heterocycles. The summed E-state index contributed by atoms with van der Waals surface area (Å²) in [5, 5.41) is 21.5. The van der Waals surface area contributed by atoms with Gasteiger partial charge in [-0.1, -0.05) is 25.7 Å². The highest BCUT2D eigenvalue weighted by Crippen LogP contribution is 2.27. The number of nitrogens with one attached hydrogen (secondary N) is 3. The van der Waals surface area contributed by atoms with Crippen molar-refractivity contribution in [3.63, 3.8) is 0 Å². The van der Waals surface area contributed by atoms with E-state index in [0.29, 0.717) is 12.8 Å². The van der Waals surface area contributed by atoms with Crippen LogP contribution in [0.1, 0.15) is 57.1 Å². The number of urea groups is 1. The summed E-state index contributed by atoms with van der Waals surface area (Å²) < 4.78 is 0. The Kier molecular flexibility index (Phi) is 4.82. The van der Waals surface area contributed by atoms with Gasteiger partial charge in [-0.25, -0.2) is 9.59 Å². The quantitative estimate of drug-likeness (QED) is 0.636.